The molecular weight excluding hydrogens is 442 g/mol. The first-order valence-electron chi connectivity index (χ1n) is 10.5. The molecule has 0 aliphatic heterocycles. The number of anilines is 1. The minimum Gasteiger partial charge on any atom is -0.496 e. The van der Waals surface area contributed by atoms with Crippen molar-refractivity contribution in [2.24, 2.45) is 0 Å². The van der Waals surface area contributed by atoms with Crippen molar-refractivity contribution >= 4 is 15.8 Å². The van der Waals surface area contributed by atoms with Crippen LogP contribution in [0.2, 0.25) is 0 Å². The second-order valence-electron chi connectivity index (χ2n) is 8.45. The van der Waals surface area contributed by atoms with Gasteiger partial charge in [-0.15, -0.1) is 0 Å². The first-order valence-corrected chi connectivity index (χ1v) is 12.0. The van der Waals surface area contributed by atoms with Crippen molar-refractivity contribution in [2.45, 2.75) is 37.5 Å². The Kier molecular flexibility index (Phi) is 7.55. The lowest BCUT2D eigenvalue weighted by molar-refractivity contribution is 0.195. The number of ether oxygens (including phenoxy) is 2. The molecule has 0 saturated carbocycles. The summed E-state index contributed by atoms with van der Waals surface area (Å²) in [5, 5.41) is 9.17. The smallest absolute Gasteiger partial charge is 0.263 e. The Balaban J connectivity index is 1.99. The Labute approximate surface area is 194 Å². The molecule has 0 saturated heterocycles. The number of hydrogen-bond donors (Lipinski definition) is 2. The van der Waals surface area contributed by atoms with Crippen LogP contribution in [0.25, 0.3) is 0 Å². The Morgan fingerprint density at radius 1 is 1.03 bits per heavy atom. The number of para-hydroxylation sites is 1. The average Bonchev–Trinajstić information content (AvgIpc) is 2.79. The Hall–Kier alpha value is -3.17. The Bertz CT molecular complexity index is 1190. The fraction of sp³-hybridized carbons (Fsp3) is 0.333. The summed E-state index contributed by atoms with van der Waals surface area (Å²) in [5.41, 5.74) is 2.17. The summed E-state index contributed by atoms with van der Waals surface area (Å²) >= 11 is 0. The quantitative estimate of drug-likeness (QED) is 0.491. The van der Waals surface area contributed by atoms with Crippen LogP contribution in [0.5, 0.6) is 11.6 Å². The van der Waals surface area contributed by atoms with Crippen LogP contribution in [-0.4, -0.2) is 43.8 Å². The monoisotopic (exact) mass is 471 g/mol. The van der Waals surface area contributed by atoms with E-state index in [0.717, 1.165) is 11.1 Å². The SMILES string of the molecule is COc1ccccc1Cc1c(NS(=O)(=O)c2ccc(C(C)(C)C)cc2)ncnc1OCCO. The second-order valence-corrected chi connectivity index (χ2v) is 10.1. The topological polar surface area (TPSA) is 111 Å². The lowest BCUT2D eigenvalue weighted by Gasteiger charge is -2.19. The fourth-order valence-corrected chi connectivity index (χ4v) is 4.31. The highest BCUT2D eigenvalue weighted by molar-refractivity contribution is 7.92. The predicted octanol–water partition coefficient (Wildman–Crippen LogP) is 3.55. The number of benzene rings is 2. The number of sulfonamides is 1. The van der Waals surface area contributed by atoms with E-state index in [2.05, 4.69) is 35.5 Å². The number of nitrogens with zero attached hydrogens (tertiary/aromatic N) is 2. The molecule has 1 aromatic heterocycles. The maximum atomic E-state index is 13.1. The van der Waals surface area contributed by atoms with Gasteiger partial charge in [-0.3, -0.25) is 4.72 Å². The molecule has 0 fully saturated rings. The largest absolute Gasteiger partial charge is 0.496 e. The van der Waals surface area contributed by atoms with Crippen molar-refractivity contribution in [3.05, 3.63) is 71.5 Å². The van der Waals surface area contributed by atoms with E-state index in [0.29, 0.717) is 11.3 Å². The molecule has 9 heteroatoms. The summed E-state index contributed by atoms with van der Waals surface area (Å²) < 4.78 is 39.8. The first kappa shape index (κ1) is 24.5. The number of aliphatic hydroxyl groups excluding tert-OH is 1. The van der Waals surface area contributed by atoms with Crippen molar-refractivity contribution < 1.29 is 23.0 Å². The van der Waals surface area contributed by atoms with Gasteiger partial charge in [-0.05, 0) is 34.7 Å². The van der Waals surface area contributed by atoms with Gasteiger partial charge in [0.1, 0.15) is 18.7 Å². The highest BCUT2D eigenvalue weighted by Gasteiger charge is 2.22. The van der Waals surface area contributed by atoms with Gasteiger partial charge >= 0.3 is 0 Å². The molecule has 0 amide bonds. The molecule has 0 unspecified atom stereocenters. The second kappa shape index (κ2) is 10.2. The molecule has 2 aromatic carbocycles. The van der Waals surface area contributed by atoms with Gasteiger partial charge < -0.3 is 14.6 Å². The van der Waals surface area contributed by atoms with Gasteiger partial charge in [0.2, 0.25) is 5.88 Å². The predicted molar refractivity (Wildman–Crippen MR) is 126 cm³/mol. The summed E-state index contributed by atoms with van der Waals surface area (Å²) in [5.74, 6) is 0.926. The van der Waals surface area contributed by atoms with E-state index < -0.39 is 10.0 Å². The van der Waals surface area contributed by atoms with Crippen molar-refractivity contribution in [1.29, 1.82) is 0 Å². The lowest BCUT2D eigenvalue weighted by Crippen LogP contribution is -2.18. The van der Waals surface area contributed by atoms with Crippen molar-refractivity contribution in [2.75, 3.05) is 25.0 Å². The number of aliphatic hydroxyl groups is 1. The van der Waals surface area contributed by atoms with E-state index >= 15 is 0 Å². The fourth-order valence-electron chi connectivity index (χ4n) is 3.27. The Morgan fingerprint density at radius 2 is 1.73 bits per heavy atom. The maximum Gasteiger partial charge on any atom is 0.263 e. The normalized spacial score (nSPS) is 11.8. The molecule has 0 radical (unpaired) electrons. The molecule has 176 valence electrons. The van der Waals surface area contributed by atoms with Gasteiger partial charge in [-0.2, -0.15) is 0 Å². The van der Waals surface area contributed by atoms with E-state index in [-0.39, 0.29) is 41.6 Å². The third-order valence-electron chi connectivity index (χ3n) is 5.06. The summed E-state index contributed by atoms with van der Waals surface area (Å²) in [6.07, 6.45) is 1.48. The number of methoxy groups -OCH3 is 1. The van der Waals surface area contributed by atoms with Crippen LogP contribution in [0.1, 0.15) is 37.5 Å². The van der Waals surface area contributed by atoms with Crippen LogP contribution in [0.15, 0.2) is 59.8 Å². The number of aromatic nitrogens is 2. The van der Waals surface area contributed by atoms with Crippen LogP contribution < -0.4 is 14.2 Å². The van der Waals surface area contributed by atoms with Crippen LogP contribution >= 0.6 is 0 Å². The van der Waals surface area contributed by atoms with Gasteiger partial charge in [0.05, 0.1) is 24.2 Å². The first-order chi connectivity index (χ1) is 15.7. The van der Waals surface area contributed by atoms with Gasteiger partial charge in [-0.1, -0.05) is 51.1 Å². The van der Waals surface area contributed by atoms with Crippen molar-refractivity contribution in [3.8, 4) is 11.6 Å². The van der Waals surface area contributed by atoms with Gasteiger partial charge in [0.25, 0.3) is 10.0 Å². The number of hydrogen-bond acceptors (Lipinski definition) is 7. The van der Waals surface area contributed by atoms with Gasteiger partial charge in [0.15, 0.2) is 5.82 Å². The molecule has 8 nitrogen and oxygen atoms in total. The minimum absolute atomic E-state index is 0.0103. The van der Waals surface area contributed by atoms with Crippen LogP contribution in [0.4, 0.5) is 5.82 Å². The third kappa shape index (κ3) is 6.00. The minimum atomic E-state index is -3.92. The van der Waals surface area contributed by atoms with Crippen LogP contribution in [-0.2, 0) is 21.9 Å². The molecule has 3 rings (SSSR count). The third-order valence-corrected chi connectivity index (χ3v) is 6.41. The number of rotatable bonds is 9. The summed E-state index contributed by atoms with van der Waals surface area (Å²) in [6.45, 7) is 5.99. The van der Waals surface area contributed by atoms with Gasteiger partial charge in [-0.25, -0.2) is 18.4 Å². The highest BCUT2D eigenvalue weighted by Crippen LogP contribution is 2.31. The van der Waals surface area contributed by atoms with Crippen molar-refractivity contribution in [1.82, 2.24) is 9.97 Å². The maximum absolute atomic E-state index is 13.1. The van der Waals surface area contributed by atoms with Crippen LogP contribution in [0, 0.1) is 0 Å². The van der Waals surface area contributed by atoms with Crippen molar-refractivity contribution in [3.63, 3.8) is 0 Å². The van der Waals surface area contributed by atoms with E-state index in [1.165, 1.54) is 6.33 Å². The van der Waals surface area contributed by atoms with E-state index in [1.54, 1.807) is 31.4 Å². The molecule has 0 aliphatic carbocycles. The summed E-state index contributed by atoms with van der Waals surface area (Å²) in [6, 6.07) is 14.1. The Morgan fingerprint density at radius 3 is 2.36 bits per heavy atom. The van der Waals surface area contributed by atoms with E-state index in [9.17, 15) is 13.5 Å². The molecule has 3 aromatic rings. The zero-order valence-corrected chi connectivity index (χ0v) is 20.0. The molecule has 0 atom stereocenters. The standard InChI is InChI=1S/C24H29N3O5S/c1-24(2,3)18-9-11-19(12-10-18)33(29,30)27-22-20(23(26-16-25-22)32-14-13-28)15-17-7-5-6-8-21(17)31-4/h5-12,16,28H,13-15H2,1-4H3,(H,25,26,27). The zero-order valence-electron chi connectivity index (χ0n) is 19.2. The molecule has 33 heavy (non-hydrogen) atoms. The molecule has 0 aliphatic rings. The lowest BCUT2D eigenvalue weighted by atomic mass is 9.87. The molecular formula is C24H29N3O5S. The van der Waals surface area contributed by atoms with E-state index in [1.807, 2.05) is 24.3 Å². The van der Waals surface area contributed by atoms with Gasteiger partial charge in [0, 0.05) is 6.42 Å². The molecule has 2 N–H and O–H groups in total. The average molecular weight is 472 g/mol. The van der Waals surface area contributed by atoms with Crippen LogP contribution in [0.3, 0.4) is 0 Å². The van der Waals surface area contributed by atoms with E-state index in [4.69, 9.17) is 9.47 Å². The highest BCUT2D eigenvalue weighted by atomic mass is 32.2. The number of nitrogens with one attached hydrogen (secondary N) is 1. The molecule has 0 spiro atoms. The summed E-state index contributed by atoms with van der Waals surface area (Å²) in [4.78, 5) is 8.45. The zero-order chi connectivity index (χ0) is 24.1. The molecule has 1 heterocycles. The molecule has 0 bridgehead atoms. The summed E-state index contributed by atoms with van der Waals surface area (Å²) in [7, 11) is -2.36.